The SMILES string of the molecule is CC[C@@]1(O)C(=O)OCc2c1cc1n(c2=O)Cc2cc3c(O)c(/C=C/C(N)=O)ccc3nc2-1. The minimum atomic E-state index is -1.89. The fourth-order valence-corrected chi connectivity index (χ4v) is 4.36. The lowest BCUT2D eigenvalue weighted by Crippen LogP contribution is -2.44. The van der Waals surface area contributed by atoms with Crippen molar-refractivity contribution in [3.05, 3.63) is 62.9 Å². The molecule has 4 N–H and O–H groups in total. The first-order valence-electron chi connectivity index (χ1n) is 10.0. The van der Waals surface area contributed by atoms with E-state index in [4.69, 9.17) is 10.5 Å². The first kappa shape index (κ1) is 20.0. The quantitative estimate of drug-likeness (QED) is 0.326. The number of aliphatic hydroxyl groups is 1. The van der Waals surface area contributed by atoms with Crippen LogP contribution in [0.3, 0.4) is 0 Å². The van der Waals surface area contributed by atoms with Crippen molar-refractivity contribution in [1.29, 1.82) is 0 Å². The third-order valence-electron chi connectivity index (χ3n) is 6.12. The molecule has 0 aliphatic carbocycles. The zero-order chi connectivity index (χ0) is 22.8. The Morgan fingerprint density at radius 1 is 1.34 bits per heavy atom. The molecule has 9 nitrogen and oxygen atoms in total. The molecule has 1 aromatic carbocycles. The zero-order valence-corrected chi connectivity index (χ0v) is 17.1. The second-order valence-corrected chi connectivity index (χ2v) is 7.90. The van der Waals surface area contributed by atoms with E-state index in [9.17, 15) is 24.6 Å². The van der Waals surface area contributed by atoms with Crippen molar-refractivity contribution < 1.29 is 24.5 Å². The van der Waals surface area contributed by atoms with Gasteiger partial charge < -0.3 is 25.3 Å². The lowest BCUT2D eigenvalue weighted by molar-refractivity contribution is -0.172. The molecule has 0 bridgehead atoms. The highest BCUT2D eigenvalue weighted by Gasteiger charge is 2.45. The van der Waals surface area contributed by atoms with Crippen LogP contribution in [-0.2, 0) is 33.1 Å². The van der Waals surface area contributed by atoms with Gasteiger partial charge in [-0.2, -0.15) is 0 Å². The number of nitrogens with two attached hydrogens (primary N) is 1. The number of cyclic esters (lactones) is 1. The highest BCUT2D eigenvalue weighted by atomic mass is 16.6. The van der Waals surface area contributed by atoms with E-state index in [0.717, 1.165) is 6.08 Å². The van der Waals surface area contributed by atoms with E-state index in [1.807, 2.05) is 0 Å². The molecule has 162 valence electrons. The van der Waals surface area contributed by atoms with E-state index >= 15 is 0 Å². The van der Waals surface area contributed by atoms with Gasteiger partial charge in [-0.05, 0) is 36.8 Å². The number of hydrogen-bond donors (Lipinski definition) is 3. The Bertz CT molecular complexity index is 1440. The van der Waals surface area contributed by atoms with E-state index in [1.54, 1.807) is 31.2 Å². The van der Waals surface area contributed by atoms with Gasteiger partial charge in [-0.3, -0.25) is 9.59 Å². The third-order valence-corrected chi connectivity index (χ3v) is 6.12. The number of benzene rings is 1. The number of amides is 1. The van der Waals surface area contributed by atoms with Crippen molar-refractivity contribution in [3.63, 3.8) is 0 Å². The fourth-order valence-electron chi connectivity index (χ4n) is 4.36. The van der Waals surface area contributed by atoms with Gasteiger partial charge >= 0.3 is 5.97 Å². The van der Waals surface area contributed by atoms with Gasteiger partial charge in [-0.15, -0.1) is 0 Å². The molecule has 0 saturated carbocycles. The number of aromatic nitrogens is 2. The van der Waals surface area contributed by atoms with E-state index in [0.29, 0.717) is 33.4 Å². The zero-order valence-electron chi connectivity index (χ0n) is 17.1. The highest BCUT2D eigenvalue weighted by Crippen LogP contribution is 2.40. The molecule has 2 aliphatic heterocycles. The Morgan fingerprint density at radius 3 is 2.84 bits per heavy atom. The van der Waals surface area contributed by atoms with Crippen LogP contribution in [0, 0.1) is 0 Å². The Hall–Kier alpha value is -3.98. The minimum Gasteiger partial charge on any atom is -0.507 e. The molecule has 2 aliphatic rings. The molecule has 32 heavy (non-hydrogen) atoms. The molecule has 0 saturated heterocycles. The predicted molar refractivity (Wildman–Crippen MR) is 114 cm³/mol. The summed E-state index contributed by atoms with van der Waals surface area (Å²) < 4.78 is 6.59. The number of pyridine rings is 2. The maximum atomic E-state index is 13.2. The number of nitrogens with zero attached hydrogens (tertiary/aromatic N) is 2. The summed E-state index contributed by atoms with van der Waals surface area (Å²) in [4.78, 5) is 41.1. The summed E-state index contributed by atoms with van der Waals surface area (Å²) in [5.41, 5.74) is 6.01. The summed E-state index contributed by atoms with van der Waals surface area (Å²) >= 11 is 0. The van der Waals surface area contributed by atoms with Crippen LogP contribution in [0.1, 0.15) is 35.6 Å². The fraction of sp³-hybridized carbons (Fsp3) is 0.217. The smallest absolute Gasteiger partial charge is 0.343 e. The van der Waals surface area contributed by atoms with E-state index in [2.05, 4.69) is 4.98 Å². The summed E-state index contributed by atoms with van der Waals surface area (Å²) in [5.74, 6) is -1.47. The van der Waals surface area contributed by atoms with Gasteiger partial charge in [0.15, 0.2) is 5.60 Å². The lowest BCUT2D eigenvalue weighted by atomic mass is 9.86. The Balaban J connectivity index is 1.71. The van der Waals surface area contributed by atoms with Gasteiger partial charge in [0.2, 0.25) is 5.91 Å². The van der Waals surface area contributed by atoms with Crippen LogP contribution in [0.4, 0.5) is 0 Å². The van der Waals surface area contributed by atoms with Crippen LogP contribution in [0.15, 0.2) is 35.1 Å². The van der Waals surface area contributed by atoms with E-state index in [1.165, 1.54) is 10.6 Å². The first-order valence-corrected chi connectivity index (χ1v) is 10.0. The lowest BCUT2D eigenvalue weighted by Gasteiger charge is -2.31. The standard InChI is InChI=1S/C23H19N3O6/c1-2-23(31)15-8-17-19-12(9-26(17)21(29)14(15)10-32-22(23)30)7-13-16(25-19)5-3-11(20(13)28)4-6-18(24)27/h3-8,28,31H,2,9-10H2,1H3,(H2,24,27)/b6-4+/t23-/m0/s1. The number of aromatic hydroxyl groups is 1. The number of carbonyl (C=O) groups is 2. The molecular formula is C23H19N3O6. The van der Waals surface area contributed by atoms with Crippen molar-refractivity contribution in [3.8, 4) is 17.1 Å². The van der Waals surface area contributed by atoms with E-state index < -0.39 is 17.5 Å². The maximum Gasteiger partial charge on any atom is 0.343 e. The van der Waals surface area contributed by atoms with Crippen LogP contribution >= 0.6 is 0 Å². The molecule has 0 radical (unpaired) electrons. The summed E-state index contributed by atoms with van der Waals surface area (Å²) in [6.07, 6.45) is 2.63. The van der Waals surface area contributed by atoms with Crippen molar-refractivity contribution in [2.45, 2.75) is 32.1 Å². The number of carbonyl (C=O) groups excluding carboxylic acids is 2. The summed E-state index contributed by atoms with van der Waals surface area (Å²) in [6.45, 7) is 1.67. The molecule has 1 atom stereocenters. The van der Waals surface area contributed by atoms with Crippen LogP contribution in [0.5, 0.6) is 5.75 Å². The minimum absolute atomic E-state index is 0.0581. The van der Waals surface area contributed by atoms with Crippen LogP contribution < -0.4 is 11.3 Å². The number of fused-ring (bicyclic) bond motifs is 5. The second-order valence-electron chi connectivity index (χ2n) is 7.90. The normalized spacial score (nSPS) is 19.0. The average Bonchev–Trinajstić information content (AvgIpc) is 3.13. The second kappa shape index (κ2) is 6.76. The van der Waals surface area contributed by atoms with Crippen LogP contribution in [0.25, 0.3) is 28.4 Å². The van der Waals surface area contributed by atoms with Gasteiger partial charge in [0.05, 0.1) is 29.0 Å². The van der Waals surface area contributed by atoms with Crippen LogP contribution in [0.2, 0.25) is 0 Å². The molecular weight excluding hydrogens is 414 g/mol. The van der Waals surface area contributed by atoms with Gasteiger partial charge in [-0.1, -0.05) is 6.92 Å². The monoisotopic (exact) mass is 433 g/mol. The number of primary amides is 1. The van der Waals surface area contributed by atoms with Crippen LogP contribution in [-0.4, -0.2) is 31.6 Å². The number of phenols is 1. The molecule has 1 amide bonds. The highest BCUT2D eigenvalue weighted by molar-refractivity contribution is 5.95. The first-order chi connectivity index (χ1) is 15.2. The predicted octanol–water partition coefficient (Wildman–Crippen LogP) is 1.28. The van der Waals surface area contributed by atoms with Gasteiger partial charge in [0.1, 0.15) is 12.4 Å². The van der Waals surface area contributed by atoms with Crippen molar-refractivity contribution in [2.24, 2.45) is 5.73 Å². The van der Waals surface area contributed by atoms with Gasteiger partial charge in [0, 0.05) is 28.2 Å². The molecule has 9 heteroatoms. The largest absolute Gasteiger partial charge is 0.507 e. The Labute approximate surface area is 181 Å². The third kappa shape index (κ3) is 2.68. The number of rotatable bonds is 3. The summed E-state index contributed by atoms with van der Waals surface area (Å²) in [5, 5.41) is 22.0. The number of hydrogen-bond acceptors (Lipinski definition) is 7. The summed E-state index contributed by atoms with van der Waals surface area (Å²) in [6, 6.07) is 6.68. The average molecular weight is 433 g/mol. The maximum absolute atomic E-state index is 13.2. The van der Waals surface area contributed by atoms with Crippen molar-refractivity contribution in [2.75, 3.05) is 0 Å². The van der Waals surface area contributed by atoms with Crippen molar-refractivity contribution >= 4 is 28.9 Å². The Morgan fingerprint density at radius 2 is 2.12 bits per heavy atom. The van der Waals surface area contributed by atoms with Crippen molar-refractivity contribution in [1.82, 2.24) is 9.55 Å². The van der Waals surface area contributed by atoms with E-state index in [-0.39, 0.29) is 42.0 Å². The van der Waals surface area contributed by atoms with Gasteiger partial charge in [0.25, 0.3) is 5.56 Å². The molecule has 0 unspecified atom stereocenters. The summed E-state index contributed by atoms with van der Waals surface area (Å²) in [7, 11) is 0. The number of ether oxygens (including phenoxy) is 1. The number of esters is 1. The molecule has 3 aromatic rings. The molecule has 2 aromatic heterocycles. The molecule has 5 rings (SSSR count). The molecule has 0 spiro atoms. The topological polar surface area (TPSA) is 145 Å². The van der Waals surface area contributed by atoms with Gasteiger partial charge in [-0.25, -0.2) is 9.78 Å². The molecule has 4 heterocycles. The Kier molecular flexibility index (Phi) is 4.22. The number of phenolic OH excluding ortho intramolecular Hbond substituents is 1. The molecule has 0 fully saturated rings.